The zero-order chi connectivity index (χ0) is 17.8. The van der Waals surface area contributed by atoms with Gasteiger partial charge < -0.3 is 9.47 Å². The Bertz CT molecular complexity index is 891. The molecule has 2 heterocycles. The molecule has 8 heteroatoms. The van der Waals surface area contributed by atoms with Gasteiger partial charge in [0, 0.05) is 19.0 Å². The van der Waals surface area contributed by atoms with Crippen molar-refractivity contribution in [3.63, 3.8) is 0 Å². The number of carbonyl (C=O) groups is 1. The van der Waals surface area contributed by atoms with Gasteiger partial charge in [0.1, 0.15) is 12.4 Å². The van der Waals surface area contributed by atoms with E-state index in [1.165, 1.54) is 25.3 Å². The van der Waals surface area contributed by atoms with Gasteiger partial charge >= 0.3 is 11.7 Å². The van der Waals surface area contributed by atoms with Crippen molar-refractivity contribution in [2.45, 2.75) is 38.8 Å². The number of aromatic nitrogens is 3. The standard InChI is InChI=1S/C17H18N4O4/c1-24-14-9-12(10-18)6-7-13(14)25-16(22)11-21-17(23)20-8-4-2-3-5-15(20)19-21/h6-7,9H,2-5,8,11H2,1H3. The molecule has 0 radical (unpaired) electrons. The van der Waals surface area contributed by atoms with Gasteiger partial charge in [0.15, 0.2) is 11.5 Å². The van der Waals surface area contributed by atoms with Crippen LogP contribution in [0.15, 0.2) is 23.0 Å². The Hall–Kier alpha value is -3.08. The fraction of sp³-hybridized carbons (Fsp3) is 0.412. The molecule has 1 aromatic carbocycles. The Kier molecular flexibility index (Phi) is 4.84. The number of rotatable bonds is 4. The highest BCUT2D eigenvalue weighted by atomic mass is 16.6. The van der Waals surface area contributed by atoms with Crippen molar-refractivity contribution in [1.29, 1.82) is 5.26 Å². The Balaban J connectivity index is 1.76. The van der Waals surface area contributed by atoms with E-state index >= 15 is 0 Å². The molecule has 0 atom stereocenters. The van der Waals surface area contributed by atoms with Crippen molar-refractivity contribution in [2.24, 2.45) is 0 Å². The average molecular weight is 342 g/mol. The number of methoxy groups -OCH3 is 1. The number of aryl methyl sites for hydroxylation is 1. The summed E-state index contributed by atoms with van der Waals surface area (Å²) < 4.78 is 13.2. The Morgan fingerprint density at radius 1 is 1.32 bits per heavy atom. The lowest BCUT2D eigenvalue weighted by Gasteiger charge is -2.09. The number of hydrogen-bond acceptors (Lipinski definition) is 6. The van der Waals surface area contributed by atoms with Gasteiger partial charge in [-0.05, 0) is 25.0 Å². The van der Waals surface area contributed by atoms with E-state index in [9.17, 15) is 9.59 Å². The number of carbonyl (C=O) groups excluding carboxylic acids is 1. The Morgan fingerprint density at radius 3 is 2.92 bits per heavy atom. The number of benzene rings is 1. The fourth-order valence-electron chi connectivity index (χ4n) is 2.83. The summed E-state index contributed by atoms with van der Waals surface area (Å²) in [4.78, 5) is 24.5. The summed E-state index contributed by atoms with van der Waals surface area (Å²) in [6.45, 7) is 0.356. The summed E-state index contributed by atoms with van der Waals surface area (Å²) in [5, 5.41) is 13.1. The van der Waals surface area contributed by atoms with Gasteiger partial charge in [0.05, 0.1) is 18.7 Å². The quantitative estimate of drug-likeness (QED) is 0.612. The van der Waals surface area contributed by atoms with E-state index < -0.39 is 5.97 Å². The first-order valence-corrected chi connectivity index (χ1v) is 8.07. The Morgan fingerprint density at radius 2 is 2.16 bits per heavy atom. The first kappa shape index (κ1) is 16.8. The summed E-state index contributed by atoms with van der Waals surface area (Å²) in [6, 6.07) is 6.47. The van der Waals surface area contributed by atoms with Crippen LogP contribution in [-0.2, 0) is 24.3 Å². The van der Waals surface area contributed by atoms with Crippen LogP contribution in [0.4, 0.5) is 0 Å². The van der Waals surface area contributed by atoms with Gasteiger partial charge in [-0.25, -0.2) is 14.3 Å². The number of hydrogen-bond donors (Lipinski definition) is 0. The molecule has 1 aliphatic heterocycles. The van der Waals surface area contributed by atoms with Crippen LogP contribution in [0.2, 0.25) is 0 Å². The smallest absolute Gasteiger partial charge is 0.346 e. The number of nitrogens with zero attached hydrogens (tertiary/aromatic N) is 4. The van der Waals surface area contributed by atoms with Gasteiger partial charge in [0.2, 0.25) is 0 Å². The molecule has 2 aromatic rings. The lowest BCUT2D eigenvalue weighted by molar-refractivity contribution is -0.135. The van der Waals surface area contributed by atoms with Crippen molar-refractivity contribution >= 4 is 5.97 Å². The summed E-state index contributed by atoms with van der Waals surface area (Å²) in [7, 11) is 1.42. The van der Waals surface area contributed by atoms with E-state index in [-0.39, 0.29) is 23.7 Å². The van der Waals surface area contributed by atoms with Crippen molar-refractivity contribution in [1.82, 2.24) is 14.3 Å². The van der Waals surface area contributed by atoms with E-state index in [0.29, 0.717) is 17.9 Å². The minimum Gasteiger partial charge on any atom is -0.493 e. The van der Waals surface area contributed by atoms with Crippen molar-refractivity contribution in [2.75, 3.05) is 7.11 Å². The van der Waals surface area contributed by atoms with Gasteiger partial charge in [-0.15, -0.1) is 0 Å². The first-order chi connectivity index (χ1) is 12.1. The molecule has 0 saturated carbocycles. The monoisotopic (exact) mass is 342 g/mol. The second-order valence-corrected chi connectivity index (χ2v) is 5.77. The summed E-state index contributed by atoms with van der Waals surface area (Å²) in [6.07, 6.45) is 3.74. The summed E-state index contributed by atoms with van der Waals surface area (Å²) in [5.41, 5.74) is 0.103. The largest absolute Gasteiger partial charge is 0.493 e. The molecule has 0 spiro atoms. The van der Waals surface area contributed by atoms with Gasteiger partial charge in [-0.3, -0.25) is 4.57 Å². The Labute approximate surface area is 144 Å². The molecule has 0 fully saturated rings. The van der Waals surface area contributed by atoms with Crippen molar-refractivity contribution < 1.29 is 14.3 Å². The molecule has 1 aromatic heterocycles. The maximum Gasteiger partial charge on any atom is 0.346 e. The van der Waals surface area contributed by atoms with Crippen LogP contribution in [0.5, 0.6) is 11.5 Å². The van der Waals surface area contributed by atoms with Crippen LogP contribution in [0.3, 0.4) is 0 Å². The third kappa shape index (κ3) is 3.55. The van der Waals surface area contributed by atoms with Crippen LogP contribution in [0.1, 0.15) is 30.7 Å². The molecule has 8 nitrogen and oxygen atoms in total. The topological polar surface area (TPSA) is 99.1 Å². The van der Waals surface area contributed by atoms with Crippen LogP contribution in [-0.4, -0.2) is 27.4 Å². The zero-order valence-electron chi connectivity index (χ0n) is 13.9. The lowest BCUT2D eigenvalue weighted by atomic mass is 10.2. The minimum absolute atomic E-state index is 0.195. The third-order valence-corrected chi connectivity index (χ3v) is 4.08. The van der Waals surface area contributed by atoms with Crippen molar-refractivity contribution in [3.05, 3.63) is 40.1 Å². The molecule has 0 amide bonds. The molecule has 0 N–H and O–H groups in total. The van der Waals surface area contributed by atoms with Gasteiger partial charge in [0.25, 0.3) is 0 Å². The molecule has 0 bridgehead atoms. The first-order valence-electron chi connectivity index (χ1n) is 8.07. The number of nitriles is 1. The second kappa shape index (κ2) is 7.21. The second-order valence-electron chi connectivity index (χ2n) is 5.77. The molecule has 1 aliphatic rings. The number of fused-ring (bicyclic) bond motifs is 1. The molecular formula is C17H18N4O4. The predicted molar refractivity (Wildman–Crippen MR) is 87.4 cm³/mol. The number of esters is 1. The van der Waals surface area contributed by atoms with Crippen LogP contribution in [0.25, 0.3) is 0 Å². The molecule has 3 rings (SSSR count). The number of ether oxygens (including phenoxy) is 2. The predicted octanol–water partition coefficient (Wildman–Crippen LogP) is 1.26. The zero-order valence-corrected chi connectivity index (χ0v) is 13.9. The van der Waals surface area contributed by atoms with Crippen molar-refractivity contribution in [3.8, 4) is 17.6 Å². The fourth-order valence-corrected chi connectivity index (χ4v) is 2.83. The summed E-state index contributed by atoms with van der Waals surface area (Å²) >= 11 is 0. The van der Waals surface area contributed by atoms with Crippen LogP contribution in [0, 0.1) is 11.3 Å². The molecule has 0 saturated heterocycles. The normalized spacial score (nSPS) is 13.4. The maximum atomic E-state index is 12.4. The van der Waals surface area contributed by atoms with Crippen LogP contribution < -0.4 is 15.2 Å². The highest BCUT2D eigenvalue weighted by molar-refractivity contribution is 5.73. The maximum absolute atomic E-state index is 12.4. The van der Waals surface area contributed by atoms with Crippen LogP contribution >= 0.6 is 0 Å². The van der Waals surface area contributed by atoms with E-state index in [2.05, 4.69) is 5.10 Å². The van der Waals surface area contributed by atoms with Gasteiger partial charge in [-0.1, -0.05) is 6.42 Å². The van der Waals surface area contributed by atoms with E-state index in [1.54, 1.807) is 4.57 Å². The lowest BCUT2D eigenvalue weighted by Crippen LogP contribution is -2.29. The molecule has 0 aliphatic carbocycles. The minimum atomic E-state index is -0.627. The average Bonchev–Trinajstić information content (AvgIpc) is 2.79. The van der Waals surface area contributed by atoms with E-state index in [4.69, 9.17) is 14.7 Å². The molecule has 0 unspecified atom stereocenters. The molecular weight excluding hydrogens is 324 g/mol. The molecule has 25 heavy (non-hydrogen) atoms. The van der Waals surface area contributed by atoms with E-state index in [0.717, 1.165) is 30.4 Å². The third-order valence-electron chi connectivity index (χ3n) is 4.08. The van der Waals surface area contributed by atoms with E-state index in [1.807, 2.05) is 6.07 Å². The highest BCUT2D eigenvalue weighted by Crippen LogP contribution is 2.28. The SMILES string of the molecule is COc1cc(C#N)ccc1OC(=O)Cn1nc2n(c1=O)CCCCC2. The summed E-state index contributed by atoms with van der Waals surface area (Å²) in [5.74, 6) is 0.560. The molecule has 130 valence electrons. The highest BCUT2D eigenvalue weighted by Gasteiger charge is 2.19. The van der Waals surface area contributed by atoms with Gasteiger partial charge in [-0.2, -0.15) is 10.4 Å².